The number of unbranched alkanes of at least 4 members (excludes halogenated alkanes) is 23. The van der Waals surface area contributed by atoms with Crippen LogP contribution in [0.3, 0.4) is 0 Å². The maximum absolute atomic E-state index is 12.2. The highest BCUT2D eigenvalue weighted by Gasteiger charge is 2.12. The average molecular weight is 539 g/mol. The first-order valence-corrected chi connectivity index (χ1v) is 17.0. The zero-order chi connectivity index (χ0) is 27.9. The lowest BCUT2D eigenvalue weighted by Crippen LogP contribution is -2.17. The molecule has 0 aliphatic heterocycles. The molecule has 0 aromatic carbocycles. The third-order valence-corrected chi connectivity index (χ3v) is 7.90. The van der Waals surface area contributed by atoms with Crippen LogP contribution in [-0.4, -0.2) is 23.1 Å². The lowest BCUT2D eigenvalue weighted by molar-refractivity contribution is -0.149. The quantitative estimate of drug-likeness (QED) is 0.0704. The van der Waals surface area contributed by atoms with E-state index in [1.807, 2.05) is 0 Å². The summed E-state index contributed by atoms with van der Waals surface area (Å²) in [7, 11) is 0. The van der Waals surface area contributed by atoms with Crippen molar-refractivity contribution in [2.24, 2.45) is 0 Å². The first-order chi connectivity index (χ1) is 18.6. The Kier molecular flexibility index (Phi) is 29.6. The Morgan fingerprint density at radius 3 is 1.21 bits per heavy atom. The molecule has 0 aliphatic rings. The van der Waals surface area contributed by atoms with Gasteiger partial charge < -0.3 is 9.84 Å². The third kappa shape index (κ3) is 29.5. The SMILES string of the molecule is CCCCCCCCCCCCCCCC(=O)OC(CC)CCCCCCCCCCCCCCC(=O)O. The van der Waals surface area contributed by atoms with E-state index in [0.717, 1.165) is 38.5 Å². The molecule has 38 heavy (non-hydrogen) atoms. The number of hydrogen-bond acceptors (Lipinski definition) is 3. The molecule has 226 valence electrons. The fourth-order valence-electron chi connectivity index (χ4n) is 5.29. The van der Waals surface area contributed by atoms with Crippen molar-refractivity contribution in [3.63, 3.8) is 0 Å². The smallest absolute Gasteiger partial charge is 0.306 e. The summed E-state index contributed by atoms with van der Waals surface area (Å²) < 4.78 is 5.76. The minimum atomic E-state index is -0.670. The normalized spacial score (nSPS) is 12.1. The van der Waals surface area contributed by atoms with Gasteiger partial charge in [0, 0.05) is 12.8 Å². The van der Waals surface area contributed by atoms with Gasteiger partial charge in [-0.25, -0.2) is 0 Å². The van der Waals surface area contributed by atoms with E-state index in [1.165, 1.54) is 135 Å². The highest BCUT2D eigenvalue weighted by Crippen LogP contribution is 2.17. The molecule has 0 heterocycles. The van der Waals surface area contributed by atoms with Crippen molar-refractivity contribution in [3.05, 3.63) is 0 Å². The summed E-state index contributed by atoms with van der Waals surface area (Å²) in [5.41, 5.74) is 0. The van der Waals surface area contributed by atoms with Crippen LogP contribution < -0.4 is 0 Å². The molecule has 0 radical (unpaired) electrons. The summed E-state index contributed by atoms with van der Waals surface area (Å²) in [6, 6.07) is 0. The Morgan fingerprint density at radius 2 is 0.842 bits per heavy atom. The van der Waals surface area contributed by atoms with E-state index >= 15 is 0 Å². The predicted molar refractivity (Wildman–Crippen MR) is 163 cm³/mol. The Morgan fingerprint density at radius 1 is 0.500 bits per heavy atom. The molecule has 4 heteroatoms. The van der Waals surface area contributed by atoms with Crippen molar-refractivity contribution in [2.45, 2.75) is 206 Å². The lowest BCUT2D eigenvalue weighted by atomic mass is 10.0. The van der Waals surface area contributed by atoms with Gasteiger partial charge in [-0.15, -0.1) is 0 Å². The van der Waals surface area contributed by atoms with Gasteiger partial charge in [-0.1, -0.05) is 155 Å². The van der Waals surface area contributed by atoms with Gasteiger partial charge in [0.15, 0.2) is 0 Å². The van der Waals surface area contributed by atoms with E-state index in [9.17, 15) is 9.59 Å². The highest BCUT2D eigenvalue weighted by molar-refractivity contribution is 5.69. The van der Waals surface area contributed by atoms with Gasteiger partial charge in [-0.2, -0.15) is 0 Å². The van der Waals surface area contributed by atoms with Crippen molar-refractivity contribution in [1.82, 2.24) is 0 Å². The fraction of sp³-hybridized carbons (Fsp3) is 0.941. The van der Waals surface area contributed by atoms with Crippen LogP contribution in [0, 0.1) is 0 Å². The second kappa shape index (κ2) is 30.5. The van der Waals surface area contributed by atoms with Crippen LogP contribution in [0.2, 0.25) is 0 Å². The molecule has 0 saturated carbocycles. The Labute approximate surface area is 237 Å². The number of esters is 1. The first kappa shape index (κ1) is 36.9. The van der Waals surface area contributed by atoms with Crippen LogP contribution in [-0.2, 0) is 14.3 Å². The van der Waals surface area contributed by atoms with Crippen LogP contribution in [0.1, 0.15) is 200 Å². The van der Waals surface area contributed by atoms with Gasteiger partial charge in [0.25, 0.3) is 0 Å². The second-order valence-electron chi connectivity index (χ2n) is 11.7. The number of ether oxygens (including phenoxy) is 1. The van der Waals surface area contributed by atoms with Crippen LogP contribution >= 0.6 is 0 Å². The van der Waals surface area contributed by atoms with Gasteiger partial charge in [0.2, 0.25) is 0 Å². The Hall–Kier alpha value is -1.06. The van der Waals surface area contributed by atoms with Crippen LogP contribution in [0.15, 0.2) is 0 Å². The topological polar surface area (TPSA) is 63.6 Å². The van der Waals surface area contributed by atoms with Crippen molar-refractivity contribution in [3.8, 4) is 0 Å². The fourth-order valence-corrected chi connectivity index (χ4v) is 5.29. The van der Waals surface area contributed by atoms with E-state index in [4.69, 9.17) is 9.84 Å². The van der Waals surface area contributed by atoms with E-state index in [0.29, 0.717) is 12.8 Å². The van der Waals surface area contributed by atoms with Crippen molar-refractivity contribution >= 4 is 11.9 Å². The first-order valence-electron chi connectivity index (χ1n) is 17.0. The summed E-state index contributed by atoms with van der Waals surface area (Å²) in [6.45, 7) is 4.41. The zero-order valence-electron chi connectivity index (χ0n) is 25.8. The highest BCUT2D eigenvalue weighted by atomic mass is 16.5. The van der Waals surface area contributed by atoms with Crippen molar-refractivity contribution in [1.29, 1.82) is 0 Å². The van der Waals surface area contributed by atoms with Gasteiger partial charge in [0.1, 0.15) is 6.10 Å². The molecule has 0 aromatic rings. The molecule has 0 spiro atoms. The van der Waals surface area contributed by atoms with E-state index in [2.05, 4.69) is 13.8 Å². The van der Waals surface area contributed by atoms with Gasteiger partial charge >= 0.3 is 11.9 Å². The number of aliphatic carboxylic acids is 1. The number of hydrogen-bond donors (Lipinski definition) is 1. The molecule has 0 fully saturated rings. The summed E-state index contributed by atoms with van der Waals surface area (Å²) in [6.07, 6.45) is 34.8. The molecule has 0 aliphatic carbocycles. The lowest BCUT2D eigenvalue weighted by Gasteiger charge is -2.16. The molecule has 1 unspecified atom stereocenters. The minimum absolute atomic E-state index is 0.0156. The summed E-state index contributed by atoms with van der Waals surface area (Å²) in [4.78, 5) is 22.7. The molecule has 0 amide bonds. The second-order valence-corrected chi connectivity index (χ2v) is 11.7. The summed E-state index contributed by atoms with van der Waals surface area (Å²) in [5.74, 6) is -0.654. The molecule has 4 nitrogen and oxygen atoms in total. The minimum Gasteiger partial charge on any atom is -0.481 e. The molecule has 1 N–H and O–H groups in total. The van der Waals surface area contributed by atoms with Crippen LogP contribution in [0.4, 0.5) is 0 Å². The van der Waals surface area contributed by atoms with E-state index in [-0.39, 0.29) is 12.1 Å². The average Bonchev–Trinajstić information content (AvgIpc) is 2.90. The maximum Gasteiger partial charge on any atom is 0.306 e. The number of carboxylic acids is 1. The van der Waals surface area contributed by atoms with Crippen molar-refractivity contribution < 1.29 is 19.4 Å². The van der Waals surface area contributed by atoms with Gasteiger partial charge in [-0.3, -0.25) is 9.59 Å². The molecule has 0 saturated heterocycles. The molecule has 0 bridgehead atoms. The van der Waals surface area contributed by atoms with Crippen molar-refractivity contribution in [2.75, 3.05) is 0 Å². The Bertz CT molecular complexity index is 505. The maximum atomic E-state index is 12.2. The third-order valence-electron chi connectivity index (χ3n) is 7.90. The number of rotatable bonds is 31. The van der Waals surface area contributed by atoms with Gasteiger partial charge in [-0.05, 0) is 32.1 Å². The Balaban J connectivity index is 3.41. The zero-order valence-corrected chi connectivity index (χ0v) is 25.8. The number of carboxylic acid groups (broad SMARTS) is 1. The predicted octanol–water partition coefficient (Wildman–Crippen LogP) is 11.3. The molecule has 1 atom stereocenters. The molecule has 0 aromatic heterocycles. The van der Waals surface area contributed by atoms with E-state index in [1.54, 1.807) is 0 Å². The van der Waals surface area contributed by atoms with Crippen LogP contribution in [0.5, 0.6) is 0 Å². The van der Waals surface area contributed by atoms with Gasteiger partial charge in [0.05, 0.1) is 0 Å². The largest absolute Gasteiger partial charge is 0.481 e. The number of carbonyl (C=O) groups is 2. The molecule has 0 rings (SSSR count). The molecular formula is C34H66O4. The summed E-state index contributed by atoms with van der Waals surface area (Å²) in [5, 5.41) is 8.63. The monoisotopic (exact) mass is 538 g/mol. The summed E-state index contributed by atoms with van der Waals surface area (Å²) >= 11 is 0. The number of carbonyl (C=O) groups excluding carboxylic acids is 1. The molecular weight excluding hydrogens is 472 g/mol. The standard InChI is InChI=1S/C34H66O4/c1-3-5-6-7-8-9-10-11-16-19-22-25-28-31-34(37)38-32(4-2)29-26-23-20-17-14-12-13-15-18-21-24-27-30-33(35)36/h32H,3-31H2,1-2H3,(H,35,36). The van der Waals surface area contributed by atoms with E-state index < -0.39 is 5.97 Å². The van der Waals surface area contributed by atoms with Crippen LogP contribution in [0.25, 0.3) is 0 Å².